The van der Waals surface area contributed by atoms with Gasteiger partial charge >= 0.3 is 0 Å². The monoisotopic (exact) mass is 272 g/mol. The molecule has 2 aromatic rings. The molecular formula is C10H9IO. The molecule has 0 bridgehead atoms. The van der Waals surface area contributed by atoms with Gasteiger partial charge < -0.3 is 4.42 Å². The van der Waals surface area contributed by atoms with Crippen LogP contribution in [-0.2, 0) is 0 Å². The number of furan rings is 1. The van der Waals surface area contributed by atoms with E-state index in [1.54, 1.807) is 0 Å². The summed E-state index contributed by atoms with van der Waals surface area (Å²) < 4.78 is 6.81. The Kier molecular flexibility index (Phi) is 1.87. The Hall–Kier alpha value is -0.510. The number of rotatable bonds is 0. The standard InChI is InChI=1S/C10H9IO/c1-6-3-9(11)5-8-4-7(2)12-10(6)8/h3-5H,1-2H3. The summed E-state index contributed by atoms with van der Waals surface area (Å²) in [6.07, 6.45) is 0. The molecule has 0 fully saturated rings. The molecule has 0 radical (unpaired) electrons. The number of halogens is 1. The van der Waals surface area contributed by atoms with Crippen molar-refractivity contribution in [1.82, 2.24) is 0 Å². The van der Waals surface area contributed by atoms with Gasteiger partial charge in [0.1, 0.15) is 11.3 Å². The smallest absolute Gasteiger partial charge is 0.137 e. The lowest BCUT2D eigenvalue weighted by Crippen LogP contribution is -1.75. The van der Waals surface area contributed by atoms with E-state index < -0.39 is 0 Å². The van der Waals surface area contributed by atoms with Crippen LogP contribution in [-0.4, -0.2) is 0 Å². The quantitative estimate of drug-likeness (QED) is 0.667. The number of aryl methyl sites for hydroxylation is 2. The zero-order valence-corrected chi connectivity index (χ0v) is 9.18. The largest absolute Gasteiger partial charge is 0.461 e. The predicted octanol–water partition coefficient (Wildman–Crippen LogP) is 3.65. The normalized spacial score (nSPS) is 10.9. The molecule has 1 aromatic carbocycles. The average Bonchev–Trinajstić information content (AvgIpc) is 2.29. The molecule has 0 aliphatic rings. The van der Waals surface area contributed by atoms with Crippen molar-refractivity contribution >= 4 is 33.6 Å². The van der Waals surface area contributed by atoms with Gasteiger partial charge in [-0.3, -0.25) is 0 Å². The first-order chi connectivity index (χ1) is 5.66. The van der Waals surface area contributed by atoms with Crippen molar-refractivity contribution < 1.29 is 4.42 Å². The first-order valence-corrected chi connectivity index (χ1v) is 4.91. The van der Waals surface area contributed by atoms with Crippen LogP contribution < -0.4 is 0 Å². The average molecular weight is 272 g/mol. The minimum Gasteiger partial charge on any atom is -0.461 e. The number of hydrogen-bond donors (Lipinski definition) is 0. The highest BCUT2D eigenvalue weighted by molar-refractivity contribution is 14.1. The van der Waals surface area contributed by atoms with Crippen molar-refractivity contribution in [3.05, 3.63) is 33.1 Å². The number of hydrogen-bond acceptors (Lipinski definition) is 1. The maximum absolute atomic E-state index is 5.55. The van der Waals surface area contributed by atoms with Gasteiger partial charge in [0.2, 0.25) is 0 Å². The highest BCUT2D eigenvalue weighted by Gasteiger charge is 2.03. The molecule has 0 unspecified atom stereocenters. The molecule has 0 amide bonds. The van der Waals surface area contributed by atoms with E-state index in [0.717, 1.165) is 11.3 Å². The van der Waals surface area contributed by atoms with Gasteiger partial charge in [0.05, 0.1) is 0 Å². The van der Waals surface area contributed by atoms with Gasteiger partial charge in [0, 0.05) is 8.96 Å². The topological polar surface area (TPSA) is 13.1 Å². The Balaban J connectivity index is 2.88. The van der Waals surface area contributed by atoms with Crippen LogP contribution in [0.1, 0.15) is 11.3 Å². The van der Waals surface area contributed by atoms with E-state index in [-0.39, 0.29) is 0 Å². The molecule has 0 N–H and O–H groups in total. The summed E-state index contributed by atoms with van der Waals surface area (Å²) in [5.41, 5.74) is 2.23. The van der Waals surface area contributed by atoms with Crippen LogP contribution in [0.15, 0.2) is 22.6 Å². The summed E-state index contributed by atoms with van der Waals surface area (Å²) in [6, 6.07) is 6.34. The molecule has 0 aliphatic carbocycles. The SMILES string of the molecule is Cc1cc2cc(I)cc(C)c2o1. The molecule has 62 valence electrons. The number of fused-ring (bicyclic) bond motifs is 1. The molecule has 0 saturated carbocycles. The maximum Gasteiger partial charge on any atom is 0.137 e. The molecule has 1 aromatic heterocycles. The third-order valence-corrected chi connectivity index (χ3v) is 2.51. The van der Waals surface area contributed by atoms with E-state index in [1.165, 1.54) is 14.5 Å². The number of benzene rings is 1. The highest BCUT2D eigenvalue weighted by atomic mass is 127. The van der Waals surface area contributed by atoms with Crippen LogP contribution >= 0.6 is 22.6 Å². The van der Waals surface area contributed by atoms with E-state index in [1.807, 2.05) is 6.92 Å². The molecular weight excluding hydrogens is 263 g/mol. The Bertz CT molecular complexity index is 429. The second-order valence-corrected chi connectivity index (χ2v) is 4.24. The lowest BCUT2D eigenvalue weighted by molar-refractivity contribution is 0.576. The zero-order valence-electron chi connectivity index (χ0n) is 7.02. The molecule has 2 heteroatoms. The van der Waals surface area contributed by atoms with Crippen LogP contribution in [0.4, 0.5) is 0 Å². The highest BCUT2D eigenvalue weighted by Crippen LogP contribution is 2.24. The summed E-state index contributed by atoms with van der Waals surface area (Å²) in [5.74, 6) is 0.982. The van der Waals surface area contributed by atoms with Crippen molar-refractivity contribution in [3.63, 3.8) is 0 Å². The Labute approximate surface area is 84.9 Å². The second-order valence-electron chi connectivity index (χ2n) is 3.00. The van der Waals surface area contributed by atoms with Gasteiger partial charge in [-0.2, -0.15) is 0 Å². The summed E-state index contributed by atoms with van der Waals surface area (Å²) in [5, 5.41) is 1.21. The minimum atomic E-state index is 0.982. The van der Waals surface area contributed by atoms with Crippen molar-refractivity contribution in [2.45, 2.75) is 13.8 Å². The van der Waals surface area contributed by atoms with E-state index in [9.17, 15) is 0 Å². The Morgan fingerprint density at radius 1 is 1.17 bits per heavy atom. The third-order valence-electron chi connectivity index (χ3n) is 1.89. The van der Waals surface area contributed by atoms with Gasteiger partial charge in [-0.1, -0.05) is 0 Å². The van der Waals surface area contributed by atoms with Crippen LogP contribution in [0.25, 0.3) is 11.0 Å². The first kappa shape index (κ1) is 8.10. The lowest BCUT2D eigenvalue weighted by Gasteiger charge is -1.95. The summed E-state index contributed by atoms with van der Waals surface area (Å²) in [7, 11) is 0. The Morgan fingerprint density at radius 2 is 1.92 bits per heavy atom. The predicted molar refractivity (Wildman–Crippen MR) is 58.4 cm³/mol. The fraction of sp³-hybridized carbons (Fsp3) is 0.200. The molecule has 0 spiro atoms. The van der Waals surface area contributed by atoms with Crippen molar-refractivity contribution in [2.24, 2.45) is 0 Å². The van der Waals surface area contributed by atoms with Crippen molar-refractivity contribution in [1.29, 1.82) is 0 Å². The molecule has 0 atom stereocenters. The Morgan fingerprint density at radius 3 is 2.67 bits per heavy atom. The maximum atomic E-state index is 5.55. The van der Waals surface area contributed by atoms with Crippen LogP contribution in [0.2, 0.25) is 0 Å². The molecule has 0 aliphatic heterocycles. The van der Waals surface area contributed by atoms with E-state index in [2.05, 4.69) is 47.7 Å². The lowest BCUT2D eigenvalue weighted by atomic mass is 10.2. The van der Waals surface area contributed by atoms with Crippen molar-refractivity contribution in [2.75, 3.05) is 0 Å². The molecule has 2 rings (SSSR count). The first-order valence-electron chi connectivity index (χ1n) is 3.83. The summed E-state index contributed by atoms with van der Waals surface area (Å²) in [6.45, 7) is 4.06. The summed E-state index contributed by atoms with van der Waals surface area (Å²) >= 11 is 2.32. The fourth-order valence-corrected chi connectivity index (χ4v) is 2.21. The minimum absolute atomic E-state index is 0.982. The van der Waals surface area contributed by atoms with Crippen LogP contribution in [0.5, 0.6) is 0 Å². The van der Waals surface area contributed by atoms with E-state index in [0.29, 0.717) is 0 Å². The van der Waals surface area contributed by atoms with Crippen LogP contribution in [0, 0.1) is 17.4 Å². The third kappa shape index (κ3) is 1.24. The van der Waals surface area contributed by atoms with Gasteiger partial charge in [0.25, 0.3) is 0 Å². The zero-order chi connectivity index (χ0) is 8.72. The van der Waals surface area contributed by atoms with Crippen LogP contribution in [0.3, 0.4) is 0 Å². The van der Waals surface area contributed by atoms with E-state index in [4.69, 9.17) is 4.42 Å². The molecule has 0 saturated heterocycles. The molecule has 12 heavy (non-hydrogen) atoms. The van der Waals surface area contributed by atoms with Gasteiger partial charge in [-0.05, 0) is 60.2 Å². The molecule has 1 nitrogen and oxygen atoms in total. The molecule has 1 heterocycles. The summed E-state index contributed by atoms with van der Waals surface area (Å²) in [4.78, 5) is 0. The van der Waals surface area contributed by atoms with Gasteiger partial charge in [-0.25, -0.2) is 0 Å². The fourth-order valence-electron chi connectivity index (χ4n) is 1.41. The van der Waals surface area contributed by atoms with Gasteiger partial charge in [-0.15, -0.1) is 0 Å². The van der Waals surface area contributed by atoms with Crippen molar-refractivity contribution in [3.8, 4) is 0 Å². The second kappa shape index (κ2) is 2.76. The van der Waals surface area contributed by atoms with E-state index >= 15 is 0 Å². The van der Waals surface area contributed by atoms with Gasteiger partial charge in [0.15, 0.2) is 0 Å².